The largest absolute Gasteiger partial charge is 0.384 e. The third kappa shape index (κ3) is 2.93. The van der Waals surface area contributed by atoms with Crippen LogP contribution in [0.4, 0.5) is 15.9 Å². The van der Waals surface area contributed by atoms with E-state index >= 15 is 0 Å². The summed E-state index contributed by atoms with van der Waals surface area (Å²) in [5.74, 6) is -0.381. The Labute approximate surface area is 191 Å². The van der Waals surface area contributed by atoms with Crippen molar-refractivity contribution in [2.75, 3.05) is 17.3 Å². The summed E-state index contributed by atoms with van der Waals surface area (Å²) in [7, 11) is 1.59. The second-order valence-corrected chi connectivity index (χ2v) is 8.63. The number of carbonyl (C=O) groups is 1. The summed E-state index contributed by atoms with van der Waals surface area (Å²) in [5, 5.41) is 13.1. The molecule has 33 heavy (non-hydrogen) atoms. The van der Waals surface area contributed by atoms with Crippen LogP contribution in [0.5, 0.6) is 0 Å². The normalized spacial score (nSPS) is 18.7. The van der Waals surface area contributed by atoms with Crippen molar-refractivity contribution in [3.63, 3.8) is 0 Å². The molecule has 3 heterocycles. The van der Waals surface area contributed by atoms with E-state index in [1.807, 2.05) is 6.07 Å². The van der Waals surface area contributed by atoms with Crippen LogP contribution in [-0.2, 0) is 16.0 Å². The molecule has 0 unspecified atom stereocenters. The summed E-state index contributed by atoms with van der Waals surface area (Å²) in [6.07, 6.45) is 0. The first-order chi connectivity index (χ1) is 15.9. The molecule has 0 fully saturated rings. The number of para-hydroxylation sites is 1. The third-order valence-electron chi connectivity index (χ3n) is 5.84. The van der Waals surface area contributed by atoms with Gasteiger partial charge in [-0.15, -0.1) is 0 Å². The predicted octanol–water partition coefficient (Wildman–Crippen LogP) is 2.58. The molecular weight excluding hydrogens is 443 g/mol. The lowest BCUT2D eigenvalue weighted by Crippen LogP contribution is -2.49. The SMILES string of the molecule is CN1C(=O)[C@]2(C(C#N)=C(N)Nc3nc(SCc4cccc(F)c4)[nH]c(=O)c32)c2ccccc21. The van der Waals surface area contributed by atoms with Crippen molar-refractivity contribution in [3.8, 4) is 6.07 Å². The quantitative estimate of drug-likeness (QED) is 0.405. The van der Waals surface area contributed by atoms with Gasteiger partial charge in [-0.05, 0) is 23.8 Å². The maximum absolute atomic E-state index is 13.6. The number of nitrogens with one attached hydrogen (secondary N) is 2. The number of aromatic amines is 1. The highest BCUT2D eigenvalue weighted by Gasteiger charge is 2.59. The van der Waals surface area contributed by atoms with Crippen LogP contribution in [0, 0.1) is 17.1 Å². The van der Waals surface area contributed by atoms with E-state index < -0.39 is 16.9 Å². The van der Waals surface area contributed by atoms with Crippen LogP contribution in [0.1, 0.15) is 16.7 Å². The Kier molecular flexibility index (Phi) is 4.72. The standard InChI is InChI=1S/C23H17FN6O2S/c1-30-16-8-3-2-7-14(16)23(21(30)32)15(10-25)18(26)27-19-17(23)20(31)29-22(28-19)33-11-12-5-4-6-13(24)9-12/h2-9H,11,26H2,1H3,(H2,27,28,29,31)/t23-/m0/s1. The maximum atomic E-state index is 13.6. The molecule has 0 aliphatic carbocycles. The molecule has 2 aromatic carbocycles. The molecule has 2 aliphatic rings. The van der Waals surface area contributed by atoms with Gasteiger partial charge in [0.15, 0.2) is 5.16 Å². The number of nitrogens with two attached hydrogens (primary N) is 1. The lowest BCUT2D eigenvalue weighted by molar-refractivity contribution is -0.120. The van der Waals surface area contributed by atoms with E-state index in [1.165, 1.54) is 28.8 Å². The number of anilines is 2. The Hall–Kier alpha value is -4.10. The van der Waals surface area contributed by atoms with Gasteiger partial charge in [-0.1, -0.05) is 42.1 Å². The molecule has 0 radical (unpaired) electrons. The zero-order chi connectivity index (χ0) is 23.3. The minimum atomic E-state index is -1.70. The molecule has 2 aliphatic heterocycles. The van der Waals surface area contributed by atoms with Crippen molar-refractivity contribution in [2.24, 2.45) is 5.73 Å². The number of benzene rings is 2. The maximum Gasteiger partial charge on any atom is 0.258 e. The van der Waals surface area contributed by atoms with Crippen molar-refractivity contribution in [2.45, 2.75) is 16.3 Å². The first-order valence-electron chi connectivity index (χ1n) is 9.95. The van der Waals surface area contributed by atoms with Gasteiger partial charge in [-0.3, -0.25) is 9.59 Å². The number of hydrogen-bond donors (Lipinski definition) is 3. The smallest absolute Gasteiger partial charge is 0.258 e. The number of H-pyrrole nitrogens is 1. The Morgan fingerprint density at radius 2 is 2.03 bits per heavy atom. The topological polar surface area (TPSA) is 128 Å². The van der Waals surface area contributed by atoms with Crippen molar-refractivity contribution in [1.29, 1.82) is 5.26 Å². The van der Waals surface area contributed by atoms with Gasteiger partial charge in [0.05, 0.1) is 11.1 Å². The Balaban J connectivity index is 1.67. The average molecular weight is 460 g/mol. The van der Waals surface area contributed by atoms with Crippen LogP contribution in [-0.4, -0.2) is 22.9 Å². The lowest BCUT2D eigenvalue weighted by Gasteiger charge is -2.33. The Bertz CT molecular complexity index is 1460. The van der Waals surface area contributed by atoms with E-state index in [2.05, 4.69) is 15.3 Å². The van der Waals surface area contributed by atoms with Crippen LogP contribution in [0.2, 0.25) is 0 Å². The molecule has 3 aromatic rings. The summed E-state index contributed by atoms with van der Waals surface area (Å²) < 4.78 is 13.5. The Morgan fingerprint density at radius 1 is 1.24 bits per heavy atom. The van der Waals surface area contributed by atoms with Gasteiger partial charge in [-0.25, -0.2) is 9.37 Å². The number of hydrogen-bond acceptors (Lipinski definition) is 7. The molecule has 8 nitrogen and oxygen atoms in total. The molecule has 0 bridgehead atoms. The molecule has 5 rings (SSSR count). The molecular formula is C23H17FN6O2S. The fourth-order valence-electron chi connectivity index (χ4n) is 4.44. The molecule has 1 atom stereocenters. The van der Waals surface area contributed by atoms with Crippen molar-refractivity contribution in [1.82, 2.24) is 9.97 Å². The number of aromatic nitrogens is 2. The van der Waals surface area contributed by atoms with Crippen LogP contribution >= 0.6 is 11.8 Å². The highest BCUT2D eigenvalue weighted by molar-refractivity contribution is 7.98. The van der Waals surface area contributed by atoms with Crippen molar-refractivity contribution in [3.05, 3.63) is 92.8 Å². The average Bonchev–Trinajstić information content (AvgIpc) is 3.00. The minimum absolute atomic E-state index is 0.0187. The summed E-state index contributed by atoms with van der Waals surface area (Å²) in [6, 6.07) is 15.1. The first-order valence-corrected chi connectivity index (χ1v) is 10.9. The number of nitriles is 1. The van der Waals surface area contributed by atoms with Gasteiger partial charge < -0.3 is 20.9 Å². The van der Waals surface area contributed by atoms with E-state index in [0.29, 0.717) is 17.0 Å². The van der Waals surface area contributed by atoms with Crippen LogP contribution < -0.4 is 21.5 Å². The number of rotatable bonds is 3. The molecule has 1 aromatic heterocycles. The van der Waals surface area contributed by atoms with E-state index in [9.17, 15) is 19.2 Å². The van der Waals surface area contributed by atoms with Crippen molar-refractivity contribution >= 4 is 29.2 Å². The fourth-order valence-corrected chi connectivity index (χ4v) is 5.25. The zero-order valence-corrected chi connectivity index (χ0v) is 18.2. The highest BCUT2D eigenvalue weighted by atomic mass is 32.2. The van der Waals surface area contributed by atoms with Gasteiger partial charge in [0, 0.05) is 24.1 Å². The Morgan fingerprint density at radius 3 is 2.79 bits per heavy atom. The third-order valence-corrected chi connectivity index (χ3v) is 6.79. The molecule has 0 saturated carbocycles. The second kappa shape index (κ2) is 7.50. The summed E-state index contributed by atoms with van der Waals surface area (Å²) in [5.41, 5.74) is 5.68. The number of likely N-dealkylation sites (N-methyl/N-ethyl adjacent to an activating group) is 1. The van der Waals surface area contributed by atoms with Crippen LogP contribution in [0.15, 0.2) is 69.9 Å². The van der Waals surface area contributed by atoms with Gasteiger partial charge in [0.25, 0.3) is 5.56 Å². The number of thioether (sulfide) groups is 1. The molecule has 4 N–H and O–H groups in total. The predicted molar refractivity (Wildman–Crippen MR) is 122 cm³/mol. The van der Waals surface area contributed by atoms with E-state index in [1.54, 1.807) is 43.4 Å². The van der Waals surface area contributed by atoms with Crippen LogP contribution in [0.25, 0.3) is 0 Å². The number of fused-ring (bicyclic) bond motifs is 4. The van der Waals surface area contributed by atoms with Gasteiger partial charge >= 0.3 is 0 Å². The van der Waals surface area contributed by atoms with Crippen LogP contribution in [0.3, 0.4) is 0 Å². The highest BCUT2D eigenvalue weighted by Crippen LogP contribution is 2.52. The monoisotopic (exact) mass is 460 g/mol. The number of amides is 1. The minimum Gasteiger partial charge on any atom is -0.384 e. The van der Waals surface area contributed by atoms with Crippen molar-refractivity contribution < 1.29 is 9.18 Å². The lowest BCUT2D eigenvalue weighted by atomic mass is 9.69. The fraction of sp³-hybridized carbons (Fsp3) is 0.130. The summed E-state index contributed by atoms with van der Waals surface area (Å²) in [6.45, 7) is 0. The molecule has 10 heteroatoms. The van der Waals surface area contributed by atoms with E-state index in [4.69, 9.17) is 5.73 Å². The second-order valence-electron chi connectivity index (χ2n) is 7.67. The van der Waals surface area contributed by atoms with E-state index in [0.717, 1.165) is 5.56 Å². The number of halogens is 1. The number of carbonyl (C=O) groups excluding carboxylic acids is 1. The summed E-state index contributed by atoms with van der Waals surface area (Å²) >= 11 is 1.20. The summed E-state index contributed by atoms with van der Waals surface area (Å²) in [4.78, 5) is 35.6. The van der Waals surface area contributed by atoms with Gasteiger partial charge in [0.1, 0.15) is 28.9 Å². The van der Waals surface area contributed by atoms with Gasteiger partial charge in [0.2, 0.25) is 5.91 Å². The zero-order valence-electron chi connectivity index (χ0n) is 17.3. The number of nitrogens with zero attached hydrogens (tertiary/aromatic N) is 3. The van der Waals surface area contributed by atoms with E-state index in [-0.39, 0.29) is 33.7 Å². The first kappa shape index (κ1) is 20.8. The molecule has 0 saturated heterocycles. The molecule has 164 valence electrons. The molecule has 1 amide bonds. The molecule has 1 spiro atoms. The van der Waals surface area contributed by atoms with Gasteiger partial charge in [-0.2, -0.15) is 5.26 Å².